The van der Waals surface area contributed by atoms with Gasteiger partial charge in [0.1, 0.15) is 0 Å². The number of aryl methyl sites for hydroxylation is 4. The van der Waals surface area contributed by atoms with E-state index in [0.29, 0.717) is 0 Å². The second kappa shape index (κ2) is 6.04. The highest BCUT2D eigenvalue weighted by molar-refractivity contribution is 5.33. The lowest BCUT2D eigenvalue weighted by atomic mass is 10.1. The number of H-pyrrole nitrogens is 1. The Balaban J connectivity index is 1.63. The highest BCUT2D eigenvalue weighted by Gasteiger charge is 2.21. The fraction of sp³-hybridized carbons (Fsp3) is 0.562. The lowest BCUT2D eigenvalue weighted by Gasteiger charge is -2.34. The van der Waals surface area contributed by atoms with E-state index < -0.39 is 0 Å². The summed E-state index contributed by atoms with van der Waals surface area (Å²) in [5, 5.41) is 7.35. The van der Waals surface area contributed by atoms with E-state index in [1.54, 1.807) is 0 Å². The molecule has 0 spiro atoms. The molecule has 1 aliphatic heterocycles. The molecule has 2 aromatic rings. The summed E-state index contributed by atoms with van der Waals surface area (Å²) >= 11 is 0. The molecule has 3 heterocycles. The highest BCUT2D eigenvalue weighted by Crippen LogP contribution is 2.17. The molecule has 0 amide bonds. The summed E-state index contributed by atoms with van der Waals surface area (Å²) in [5.74, 6) is 0.868. The van der Waals surface area contributed by atoms with Gasteiger partial charge in [0.15, 0.2) is 0 Å². The van der Waals surface area contributed by atoms with Crippen molar-refractivity contribution in [3.8, 4) is 0 Å². The molecule has 0 aliphatic carbocycles. The molecule has 3 rings (SSSR count). The minimum atomic E-state index is 0.868. The molecule has 1 saturated heterocycles. The molecule has 0 saturated carbocycles. The van der Waals surface area contributed by atoms with Gasteiger partial charge in [0.2, 0.25) is 5.95 Å². The first-order chi connectivity index (χ1) is 10.5. The fourth-order valence-electron chi connectivity index (χ4n) is 2.99. The molecule has 1 N–H and O–H groups in total. The molecule has 6 heteroatoms. The van der Waals surface area contributed by atoms with Gasteiger partial charge in [0.25, 0.3) is 0 Å². The van der Waals surface area contributed by atoms with Gasteiger partial charge in [-0.05, 0) is 33.8 Å². The second-order valence-electron chi connectivity index (χ2n) is 6.13. The van der Waals surface area contributed by atoms with E-state index in [0.717, 1.165) is 55.8 Å². The Morgan fingerprint density at radius 1 is 1.00 bits per heavy atom. The molecule has 0 unspecified atom stereocenters. The van der Waals surface area contributed by atoms with Crippen LogP contribution in [-0.2, 0) is 6.54 Å². The van der Waals surface area contributed by atoms with Crippen LogP contribution >= 0.6 is 0 Å². The van der Waals surface area contributed by atoms with Crippen molar-refractivity contribution < 1.29 is 0 Å². The average Bonchev–Trinajstić information content (AvgIpc) is 2.79. The number of rotatable bonds is 3. The van der Waals surface area contributed by atoms with Gasteiger partial charge in [-0.3, -0.25) is 10.00 Å². The van der Waals surface area contributed by atoms with Gasteiger partial charge in [0, 0.05) is 55.4 Å². The Kier molecular flexibility index (Phi) is 4.11. The molecule has 0 aromatic carbocycles. The Hall–Kier alpha value is -1.95. The standard InChI is InChI=1S/C16H24N6/c1-11-9-12(2)18-16(17-11)22-7-5-21(6-8-22)10-15-13(3)19-20-14(15)4/h9H,5-8,10H2,1-4H3,(H,19,20). The zero-order chi connectivity index (χ0) is 15.7. The molecular formula is C16H24N6. The minimum Gasteiger partial charge on any atom is -0.338 e. The van der Waals surface area contributed by atoms with Crippen LogP contribution < -0.4 is 4.90 Å². The van der Waals surface area contributed by atoms with Gasteiger partial charge >= 0.3 is 0 Å². The summed E-state index contributed by atoms with van der Waals surface area (Å²) in [6.07, 6.45) is 0. The third-order valence-electron chi connectivity index (χ3n) is 4.29. The first-order valence-corrected chi connectivity index (χ1v) is 7.83. The molecular weight excluding hydrogens is 276 g/mol. The number of anilines is 1. The van der Waals surface area contributed by atoms with Crippen LogP contribution in [0.2, 0.25) is 0 Å². The van der Waals surface area contributed by atoms with E-state index >= 15 is 0 Å². The SMILES string of the molecule is Cc1cc(C)nc(N2CCN(Cc3c(C)n[nH]c3C)CC2)n1. The van der Waals surface area contributed by atoms with Crippen LogP contribution in [0.15, 0.2) is 6.07 Å². The summed E-state index contributed by atoms with van der Waals surface area (Å²) in [6, 6.07) is 2.02. The quantitative estimate of drug-likeness (QED) is 0.936. The predicted molar refractivity (Wildman–Crippen MR) is 87.1 cm³/mol. The summed E-state index contributed by atoms with van der Waals surface area (Å²) in [5.41, 5.74) is 5.69. The van der Waals surface area contributed by atoms with E-state index in [1.165, 1.54) is 11.3 Å². The van der Waals surface area contributed by atoms with E-state index in [9.17, 15) is 0 Å². The van der Waals surface area contributed by atoms with Crippen LogP contribution in [-0.4, -0.2) is 51.2 Å². The molecule has 1 aliphatic rings. The van der Waals surface area contributed by atoms with E-state index in [2.05, 4.69) is 43.8 Å². The van der Waals surface area contributed by atoms with E-state index in [-0.39, 0.29) is 0 Å². The number of nitrogens with one attached hydrogen (secondary N) is 1. The Morgan fingerprint density at radius 3 is 2.18 bits per heavy atom. The Bertz CT molecular complexity index is 615. The highest BCUT2D eigenvalue weighted by atomic mass is 15.3. The van der Waals surface area contributed by atoms with Crippen molar-refractivity contribution in [2.24, 2.45) is 0 Å². The van der Waals surface area contributed by atoms with Crippen molar-refractivity contribution in [1.82, 2.24) is 25.1 Å². The molecule has 0 radical (unpaired) electrons. The van der Waals surface area contributed by atoms with Crippen LogP contribution in [0.25, 0.3) is 0 Å². The number of aromatic nitrogens is 4. The second-order valence-corrected chi connectivity index (χ2v) is 6.13. The van der Waals surface area contributed by atoms with Crippen molar-refractivity contribution in [3.63, 3.8) is 0 Å². The average molecular weight is 300 g/mol. The molecule has 6 nitrogen and oxygen atoms in total. The molecule has 2 aromatic heterocycles. The summed E-state index contributed by atoms with van der Waals surface area (Å²) in [4.78, 5) is 13.9. The zero-order valence-electron chi connectivity index (χ0n) is 13.8. The first kappa shape index (κ1) is 15.0. The molecule has 22 heavy (non-hydrogen) atoms. The van der Waals surface area contributed by atoms with Gasteiger partial charge in [-0.25, -0.2) is 9.97 Å². The largest absolute Gasteiger partial charge is 0.338 e. The van der Waals surface area contributed by atoms with Crippen LogP contribution in [0.3, 0.4) is 0 Å². The summed E-state index contributed by atoms with van der Waals surface area (Å²) in [7, 11) is 0. The van der Waals surface area contributed by atoms with Gasteiger partial charge < -0.3 is 4.90 Å². The number of hydrogen-bond donors (Lipinski definition) is 1. The van der Waals surface area contributed by atoms with Gasteiger partial charge in [0.05, 0.1) is 5.69 Å². The maximum atomic E-state index is 4.57. The number of aromatic amines is 1. The summed E-state index contributed by atoms with van der Waals surface area (Å²) < 4.78 is 0. The van der Waals surface area contributed by atoms with Crippen LogP contribution in [0, 0.1) is 27.7 Å². The Labute approximate surface area is 131 Å². The van der Waals surface area contributed by atoms with Crippen molar-refractivity contribution in [2.75, 3.05) is 31.1 Å². The van der Waals surface area contributed by atoms with Crippen molar-refractivity contribution in [3.05, 3.63) is 34.4 Å². The molecule has 0 bridgehead atoms. The Morgan fingerprint density at radius 2 is 1.64 bits per heavy atom. The maximum Gasteiger partial charge on any atom is 0.225 e. The van der Waals surface area contributed by atoms with Gasteiger partial charge in [-0.15, -0.1) is 0 Å². The molecule has 1 fully saturated rings. The molecule has 118 valence electrons. The first-order valence-electron chi connectivity index (χ1n) is 7.83. The third kappa shape index (κ3) is 3.11. The van der Waals surface area contributed by atoms with Crippen LogP contribution in [0.1, 0.15) is 28.3 Å². The lowest BCUT2D eigenvalue weighted by molar-refractivity contribution is 0.248. The normalized spacial score (nSPS) is 16.3. The number of piperazine rings is 1. The smallest absolute Gasteiger partial charge is 0.225 e. The molecule has 0 atom stereocenters. The van der Waals surface area contributed by atoms with Gasteiger partial charge in [-0.1, -0.05) is 0 Å². The van der Waals surface area contributed by atoms with E-state index in [1.807, 2.05) is 19.9 Å². The van der Waals surface area contributed by atoms with Crippen LogP contribution in [0.4, 0.5) is 5.95 Å². The van der Waals surface area contributed by atoms with Crippen LogP contribution in [0.5, 0.6) is 0 Å². The third-order valence-corrected chi connectivity index (χ3v) is 4.29. The topological polar surface area (TPSA) is 60.9 Å². The monoisotopic (exact) mass is 300 g/mol. The van der Waals surface area contributed by atoms with Gasteiger partial charge in [-0.2, -0.15) is 5.10 Å². The van der Waals surface area contributed by atoms with E-state index in [4.69, 9.17) is 0 Å². The predicted octanol–water partition coefficient (Wildman–Crippen LogP) is 1.76. The summed E-state index contributed by atoms with van der Waals surface area (Å²) in [6.45, 7) is 13.2. The lowest BCUT2D eigenvalue weighted by Crippen LogP contribution is -2.46. The minimum absolute atomic E-state index is 0.868. The van der Waals surface area contributed by atoms with Crippen molar-refractivity contribution >= 4 is 5.95 Å². The zero-order valence-corrected chi connectivity index (χ0v) is 13.8. The van der Waals surface area contributed by atoms with Crippen molar-refractivity contribution in [2.45, 2.75) is 34.2 Å². The maximum absolute atomic E-state index is 4.57. The fourth-order valence-corrected chi connectivity index (χ4v) is 2.99. The van der Waals surface area contributed by atoms with Crippen molar-refractivity contribution in [1.29, 1.82) is 0 Å². The number of hydrogen-bond acceptors (Lipinski definition) is 5. The number of nitrogens with zero attached hydrogens (tertiary/aromatic N) is 5.